The number of anilines is 2. The van der Waals surface area contributed by atoms with Gasteiger partial charge in [0, 0.05) is 23.4 Å². The second-order valence-corrected chi connectivity index (χ2v) is 5.24. The Morgan fingerprint density at radius 1 is 1.14 bits per heavy atom. The molecule has 3 rings (SSSR count). The third-order valence-corrected chi connectivity index (χ3v) is 3.54. The molecule has 0 saturated heterocycles. The Morgan fingerprint density at radius 3 is 2.81 bits per heavy atom. The number of carbonyl (C=O) groups is 2. The molecule has 1 heterocycles. The molecule has 2 amide bonds. The van der Waals surface area contributed by atoms with Crippen molar-refractivity contribution in [3.63, 3.8) is 0 Å². The summed E-state index contributed by atoms with van der Waals surface area (Å²) in [4.78, 5) is 23.6. The lowest BCUT2D eigenvalue weighted by atomic mass is 10.00. The first-order valence-electron chi connectivity index (χ1n) is 6.92. The Labute approximate surface area is 123 Å². The fourth-order valence-corrected chi connectivity index (χ4v) is 2.45. The zero-order valence-electron chi connectivity index (χ0n) is 11.8. The summed E-state index contributed by atoms with van der Waals surface area (Å²) in [7, 11) is 0. The maximum Gasteiger partial charge on any atom is 0.255 e. The molecule has 0 saturated carbocycles. The molecular weight excluding hydrogens is 264 g/mol. The molecule has 2 aromatic rings. The summed E-state index contributed by atoms with van der Waals surface area (Å²) in [6.45, 7) is 1.98. The Bertz CT molecular complexity index is 722. The molecule has 21 heavy (non-hydrogen) atoms. The monoisotopic (exact) mass is 280 g/mol. The molecule has 0 fully saturated rings. The number of rotatable bonds is 2. The number of carbonyl (C=O) groups excluding carboxylic acids is 2. The van der Waals surface area contributed by atoms with Crippen molar-refractivity contribution >= 4 is 23.2 Å². The predicted molar refractivity (Wildman–Crippen MR) is 82.5 cm³/mol. The van der Waals surface area contributed by atoms with E-state index >= 15 is 0 Å². The highest BCUT2D eigenvalue weighted by Gasteiger charge is 2.16. The van der Waals surface area contributed by atoms with Gasteiger partial charge < -0.3 is 10.6 Å². The number of amides is 2. The van der Waals surface area contributed by atoms with Gasteiger partial charge in [-0.15, -0.1) is 0 Å². The van der Waals surface area contributed by atoms with Crippen LogP contribution in [-0.2, 0) is 11.2 Å². The van der Waals surface area contributed by atoms with E-state index in [2.05, 4.69) is 10.6 Å². The molecular formula is C17H16N2O2. The van der Waals surface area contributed by atoms with Crippen LogP contribution in [0.15, 0.2) is 42.5 Å². The molecule has 0 radical (unpaired) electrons. The number of aryl methyl sites for hydroxylation is 2. The van der Waals surface area contributed by atoms with Gasteiger partial charge in [-0.05, 0) is 54.8 Å². The van der Waals surface area contributed by atoms with Gasteiger partial charge in [-0.2, -0.15) is 0 Å². The van der Waals surface area contributed by atoms with Crippen LogP contribution in [-0.4, -0.2) is 11.8 Å². The van der Waals surface area contributed by atoms with Crippen LogP contribution in [0.4, 0.5) is 11.4 Å². The standard InChI is InChI=1S/C17H16N2O2/c1-11-3-2-4-14(9-11)18-17(21)13-5-7-15-12(10-13)6-8-16(20)19-15/h2-5,7,9-10H,6,8H2,1H3,(H,18,21)(H,19,20). The first kappa shape index (κ1) is 13.4. The third kappa shape index (κ3) is 2.94. The zero-order valence-corrected chi connectivity index (χ0v) is 11.8. The van der Waals surface area contributed by atoms with Crippen LogP contribution in [0.2, 0.25) is 0 Å². The molecule has 0 bridgehead atoms. The van der Waals surface area contributed by atoms with Crippen LogP contribution >= 0.6 is 0 Å². The van der Waals surface area contributed by atoms with E-state index < -0.39 is 0 Å². The number of benzene rings is 2. The summed E-state index contributed by atoms with van der Waals surface area (Å²) in [6.07, 6.45) is 1.14. The normalized spacial score (nSPS) is 13.3. The Morgan fingerprint density at radius 2 is 2.00 bits per heavy atom. The summed E-state index contributed by atoms with van der Waals surface area (Å²) >= 11 is 0. The van der Waals surface area contributed by atoms with Crippen LogP contribution in [0.1, 0.15) is 27.9 Å². The fourth-order valence-electron chi connectivity index (χ4n) is 2.45. The first-order chi connectivity index (χ1) is 10.1. The van der Waals surface area contributed by atoms with Gasteiger partial charge in [0.25, 0.3) is 5.91 Å². The summed E-state index contributed by atoms with van der Waals surface area (Å²) in [5.41, 5.74) is 4.29. The number of fused-ring (bicyclic) bond motifs is 1. The van der Waals surface area contributed by atoms with Crippen LogP contribution < -0.4 is 10.6 Å². The van der Waals surface area contributed by atoms with E-state index in [0.717, 1.165) is 22.5 Å². The van der Waals surface area contributed by atoms with Crippen molar-refractivity contribution < 1.29 is 9.59 Å². The van der Waals surface area contributed by atoms with Gasteiger partial charge >= 0.3 is 0 Å². The van der Waals surface area contributed by atoms with Gasteiger partial charge in [0.05, 0.1) is 0 Å². The highest BCUT2D eigenvalue weighted by Crippen LogP contribution is 2.24. The first-order valence-corrected chi connectivity index (χ1v) is 6.92. The second kappa shape index (κ2) is 5.40. The average molecular weight is 280 g/mol. The van der Waals surface area contributed by atoms with Gasteiger partial charge in [0.15, 0.2) is 0 Å². The van der Waals surface area contributed by atoms with Gasteiger partial charge in [-0.3, -0.25) is 9.59 Å². The van der Waals surface area contributed by atoms with Crippen LogP contribution in [0.25, 0.3) is 0 Å². The molecule has 1 aliphatic heterocycles. The van der Waals surface area contributed by atoms with Crippen LogP contribution in [0, 0.1) is 6.92 Å². The van der Waals surface area contributed by atoms with Crippen molar-refractivity contribution in [1.29, 1.82) is 0 Å². The average Bonchev–Trinajstić information content (AvgIpc) is 2.46. The molecule has 0 atom stereocenters. The van der Waals surface area contributed by atoms with E-state index in [1.807, 2.05) is 37.3 Å². The quantitative estimate of drug-likeness (QED) is 0.888. The van der Waals surface area contributed by atoms with E-state index in [0.29, 0.717) is 18.4 Å². The van der Waals surface area contributed by atoms with Crippen molar-refractivity contribution in [2.45, 2.75) is 19.8 Å². The van der Waals surface area contributed by atoms with Crippen LogP contribution in [0.5, 0.6) is 0 Å². The van der Waals surface area contributed by atoms with E-state index in [1.165, 1.54) is 0 Å². The number of hydrogen-bond donors (Lipinski definition) is 2. The van der Waals surface area contributed by atoms with E-state index in [1.54, 1.807) is 12.1 Å². The largest absolute Gasteiger partial charge is 0.326 e. The lowest BCUT2D eigenvalue weighted by molar-refractivity contribution is -0.116. The molecule has 4 nitrogen and oxygen atoms in total. The highest BCUT2D eigenvalue weighted by molar-refractivity contribution is 6.05. The predicted octanol–water partition coefficient (Wildman–Crippen LogP) is 3.13. The van der Waals surface area contributed by atoms with Crippen molar-refractivity contribution in [2.75, 3.05) is 10.6 Å². The minimum Gasteiger partial charge on any atom is -0.326 e. The van der Waals surface area contributed by atoms with Crippen molar-refractivity contribution in [2.24, 2.45) is 0 Å². The van der Waals surface area contributed by atoms with Gasteiger partial charge in [0.2, 0.25) is 5.91 Å². The lowest BCUT2D eigenvalue weighted by Crippen LogP contribution is -2.20. The maximum absolute atomic E-state index is 12.3. The minimum absolute atomic E-state index is 0.0273. The summed E-state index contributed by atoms with van der Waals surface area (Å²) in [5, 5.41) is 5.70. The van der Waals surface area contributed by atoms with Crippen molar-refractivity contribution in [3.05, 3.63) is 59.2 Å². The number of hydrogen-bond acceptors (Lipinski definition) is 2. The fraction of sp³-hybridized carbons (Fsp3) is 0.176. The molecule has 0 aliphatic carbocycles. The Kier molecular flexibility index (Phi) is 3.44. The van der Waals surface area contributed by atoms with Gasteiger partial charge in [0.1, 0.15) is 0 Å². The maximum atomic E-state index is 12.3. The van der Waals surface area contributed by atoms with Crippen molar-refractivity contribution in [1.82, 2.24) is 0 Å². The molecule has 4 heteroatoms. The smallest absolute Gasteiger partial charge is 0.255 e. The number of nitrogens with one attached hydrogen (secondary N) is 2. The molecule has 1 aliphatic rings. The lowest BCUT2D eigenvalue weighted by Gasteiger charge is -2.17. The molecule has 0 unspecified atom stereocenters. The Balaban J connectivity index is 1.81. The third-order valence-electron chi connectivity index (χ3n) is 3.54. The Hall–Kier alpha value is -2.62. The molecule has 0 aromatic heterocycles. The van der Waals surface area contributed by atoms with Crippen LogP contribution in [0.3, 0.4) is 0 Å². The molecule has 0 spiro atoms. The van der Waals surface area contributed by atoms with Crippen molar-refractivity contribution in [3.8, 4) is 0 Å². The summed E-state index contributed by atoms with van der Waals surface area (Å²) in [5.74, 6) is -0.111. The second-order valence-electron chi connectivity index (χ2n) is 5.24. The summed E-state index contributed by atoms with van der Waals surface area (Å²) in [6, 6.07) is 13.1. The topological polar surface area (TPSA) is 58.2 Å². The van der Waals surface area contributed by atoms with E-state index in [9.17, 15) is 9.59 Å². The minimum atomic E-state index is -0.139. The van der Waals surface area contributed by atoms with Gasteiger partial charge in [-0.25, -0.2) is 0 Å². The highest BCUT2D eigenvalue weighted by atomic mass is 16.2. The van der Waals surface area contributed by atoms with Gasteiger partial charge in [-0.1, -0.05) is 12.1 Å². The van der Waals surface area contributed by atoms with E-state index in [4.69, 9.17) is 0 Å². The zero-order chi connectivity index (χ0) is 14.8. The molecule has 2 N–H and O–H groups in total. The molecule has 2 aromatic carbocycles. The SMILES string of the molecule is Cc1cccc(NC(=O)c2ccc3c(c2)CCC(=O)N3)c1. The van der Waals surface area contributed by atoms with E-state index in [-0.39, 0.29) is 11.8 Å². The summed E-state index contributed by atoms with van der Waals surface area (Å²) < 4.78 is 0. The molecule has 106 valence electrons.